The first-order chi connectivity index (χ1) is 9.92. The minimum absolute atomic E-state index is 0.679. The van der Waals surface area contributed by atoms with Crippen molar-refractivity contribution in [2.24, 2.45) is 23.7 Å². The summed E-state index contributed by atoms with van der Waals surface area (Å²) >= 11 is 0. The van der Waals surface area contributed by atoms with Gasteiger partial charge in [0.25, 0.3) is 0 Å². The SMILES string of the molecule is CO[Si](OC)(C1CC(C)CC(C)C1)C1CC(C)CCC1C. The van der Waals surface area contributed by atoms with E-state index in [0.29, 0.717) is 11.1 Å². The zero-order valence-corrected chi connectivity index (χ0v) is 16.0. The first kappa shape index (κ1) is 17.5. The molecule has 0 spiro atoms. The molecule has 0 saturated heterocycles. The fraction of sp³-hybridized carbons (Fsp3) is 1.00. The molecular formula is C18H36O2Si. The Morgan fingerprint density at radius 3 is 1.81 bits per heavy atom. The first-order valence-electron chi connectivity index (χ1n) is 9.03. The van der Waals surface area contributed by atoms with Gasteiger partial charge in [-0.1, -0.05) is 40.5 Å². The van der Waals surface area contributed by atoms with E-state index in [1.807, 2.05) is 14.2 Å². The van der Waals surface area contributed by atoms with Crippen LogP contribution in [0.3, 0.4) is 0 Å². The Labute approximate surface area is 133 Å². The van der Waals surface area contributed by atoms with Crippen LogP contribution in [-0.2, 0) is 8.85 Å². The maximum Gasteiger partial charge on any atom is 0.344 e. The summed E-state index contributed by atoms with van der Waals surface area (Å²) in [7, 11) is 1.74. The second-order valence-electron chi connectivity index (χ2n) is 8.25. The van der Waals surface area contributed by atoms with E-state index in [1.54, 1.807) is 0 Å². The van der Waals surface area contributed by atoms with Crippen molar-refractivity contribution in [2.45, 2.75) is 77.3 Å². The van der Waals surface area contributed by atoms with E-state index in [2.05, 4.69) is 27.7 Å². The van der Waals surface area contributed by atoms with Crippen molar-refractivity contribution in [3.05, 3.63) is 0 Å². The van der Waals surface area contributed by atoms with Crippen molar-refractivity contribution in [1.82, 2.24) is 0 Å². The molecule has 2 rings (SSSR count). The Morgan fingerprint density at radius 1 is 0.714 bits per heavy atom. The van der Waals surface area contributed by atoms with E-state index in [1.165, 1.54) is 38.5 Å². The summed E-state index contributed by atoms with van der Waals surface area (Å²) in [6.07, 6.45) is 8.06. The van der Waals surface area contributed by atoms with Crippen LogP contribution in [0.5, 0.6) is 0 Å². The Kier molecular flexibility index (Phi) is 5.95. The predicted octanol–water partition coefficient (Wildman–Crippen LogP) is 5.37. The Balaban J connectivity index is 2.25. The monoisotopic (exact) mass is 312 g/mol. The third-order valence-corrected chi connectivity index (χ3v) is 11.1. The van der Waals surface area contributed by atoms with Crippen molar-refractivity contribution < 1.29 is 8.85 Å². The molecule has 0 bridgehead atoms. The Hall–Kier alpha value is 0.137. The van der Waals surface area contributed by atoms with Crippen molar-refractivity contribution in [3.63, 3.8) is 0 Å². The van der Waals surface area contributed by atoms with Crippen LogP contribution < -0.4 is 0 Å². The summed E-state index contributed by atoms with van der Waals surface area (Å²) in [5.41, 5.74) is 1.36. The van der Waals surface area contributed by atoms with Crippen LogP contribution in [0.4, 0.5) is 0 Å². The lowest BCUT2D eigenvalue weighted by atomic mass is 9.83. The van der Waals surface area contributed by atoms with Gasteiger partial charge in [-0.25, -0.2) is 0 Å². The van der Waals surface area contributed by atoms with E-state index in [-0.39, 0.29) is 0 Å². The molecule has 0 aromatic rings. The Morgan fingerprint density at radius 2 is 1.29 bits per heavy atom. The van der Waals surface area contributed by atoms with E-state index in [4.69, 9.17) is 8.85 Å². The minimum atomic E-state index is -2.13. The van der Waals surface area contributed by atoms with Crippen molar-refractivity contribution >= 4 is 8.56 Å². The first-order valence-corrected chi connectivity index (χ1v) is 11.0. The molecule has 0 aliphatic heterocycles. The van der Waals surface area contributed by atoms with Crippen LogP contribution in [0, 0.1) is 23.7 Å². The molecule has 5 atom stereocenters. The maximum atomic E-state index is 6.30. The molecule has 2 nitrogen and oxygen atoms in total. The van der Waals surface area contributed by atoms with Crippen LogP contribution in [0.2, 0.25) is 11.1 Å². The summed E-state index contributed by atoms with van der Waals surface area (Å²) in [6, 6.07) is 0. The van der Waals surface area contributed by atoms with E-state index >= 15 is 0 Å². The maximum absolute atomic E-state index is 6.30. The highest BCUT2D eigenvalue weighted by molar-refractivity contribution is 6.70. The van der Waals surface area contributed by atoms with Crippen molar-refractivity contribution in [1.29, 1.82) is 0 Å². The van der Waals surface area contributed by atoms with E-state index in [9.17, 15) is 0 Å². The van der Waals surface area contributed by atoms with Gasteiger partial charge in [-0.05, 0) is 49.4 Å². The Bertz CT molecular complexity index is 319. The molecule has 0 amide bonds. The molecule has 0 N–H and O–H groups in total. The number of rotatable bonds is 4. The molecule has 3 heteroatoms. The number of hydrogen-bond donors (Lipinski definition) is 0. The zero-order valence-electron chi connectivity index (χ0n) is 15.0. The van der Waals surface area contributed by atoms with Gasteiger partial charge >= 0.3 is 8.56 Å². The smallest absolute Gasteiger partial charge is 0.344 e. The topological polar surface area (TPSA) is 18.5 Å². The van der Waals surface area contributed by atoms with Gasteiger partial charge in [0.05, 0.1) is 0 Å². The summed E-state index contributed by atoms with van der Waals surface area (Å²) < 4.78 is 12.6. The second kappa shape index (κ2) is 7.14. The third kappa shape index (κ3) is 3.56. The van der Waals surface area contributed by atoms with Crippen LogP contribution in [-0.4, -0.2) is 22.8 Å². The molecule has 0 aromatic heterocycles. The van der Waals surface area contributed by atoms with Gasteiger partial charge in [0.2, 0.25) is 0 Å². The standard InChI is InChI=1S/C18H36O2Si/c1-13-7-8-16(4)18(12-13)21(19-5,20-6)17-10-14(2)9-15(3)11-17/h13-18H,7-12H2,1-6H3. The summed E-state index contributed by atoms with van der Waals surface area (Å²) in [5.74, 6) is 3.25. The van der Waals surface area contributed by atoms with Crippen LogP contribution in [0.1, 0.15) is 66.2 Å². The van der Waals surface area contributed by atoms with Crippen LogP contribution in [0.15, 0.2) is 0 Å². The van der Waals surface area contributed by atoms with Gasteiger partial charge < -0.3 is 8.85 Å². The molecule has 5 unspecified atom stereocenters. The average Bonchev–Trinajstić information content (AvgIpc) is 2.43. The highest BCUT2D eigenvalue weighted by Gasteiger charge is 2.55. The highest BCUT2D eigenvalue weighted by Crippen LogP contribution is 2.53. The molecule has 2 aliphatic rings. The van der Waals surface area contributed by atoms with Gasteiger partial charge in [-0.15, -0.1) is 0 Å². The zero-order chi connectivity index (χ0) is 15.6. The molecule has 2 aliphatic carbocycles. The van der Waals surface area contributed by atoms with Crippen LogP contribution >= 0.6 is 0 Å². The molecule has 2 fully saturated rings. The lowest BCUT2D eigenvalue weighted by molar-refractivity contribution is 0.152. The van der Waals surface area contributed by atoms with Gasteiger partial charge in [-0.2, -0.15) is 0 Å². The highest BCUT2D eigenvalue weighted by atomic mass is 28.4. The summed E-state index contributed by atoms with van der Waals surface area (Å²) in [4.78, 5) is 0. The van der Waals surface area contributed by atoms with Gasteiger partial charge in [0.15, 0.2) is 0 Å². The minimum Gasteiger partial charge on any atom is -0.397 e. The van der Waals surface area contributed by atoms with E-state index < -0.39 is 8.56 Å². The lowest BCUT2D eigenvalue weighted by Gasteiger charge is -2.49. The van der Waals surface area contributed by atoms with Gasteiger partial charge in [-0.3, -0.25) is 0 Å². The summed E-state index contributed by atoms with van der Waals surface area (Å²) in [6.45, 7) is 9.68. The van der Waals surface area contributed by atoms with Gasteiger partial charge in [0, 0.05) is 25.3 Å². The molecule has 21 heavy (non-hydrogen) atoms. The average molecular weight is 313 g/mol. The molecule has 0 heterocycles. The fourth-order valence-corrected chi connectivity index (χ4v) is 10.6. The van der Waals surface area contributed by atoms with Crippen LogP contribution in [0.25, 0.3) is 0 Å². The lowest BCUT2D eigenvalue weighted by Crippen LogP contribution is -2.54. The quantitative estimate of drug-likeness (QED) is 0.649. The van der Waals surface area contributed by atoms with Crippen molar-refractivity contribution in [3.8, 4) is 0 Å². The van der Waals surface area contributed by atoms with Crippen molar-refractivity contribution in [2.75, 3.05) is 14.2 Å². The molecule has 0 radical (unpaired) electrons. The number of hydrogen-bond acceptors (Lipinski definition) is 2. The fourth-order valence-electron chi connectivity index (χ4n) is 5.39. The molecular weight excluding hydrogens is 276 g/mol. The van der Waals surface area contributed by atoms with E-state index in [0.717, 1.165) is 23.7 Å². The third-order valence-electron chi connectivity index (χ3n) is 6.36. The normalized spacial score (nSPS) is 42.0. The molecule has 0 aromatic carbocycles. The van der Waals surface area contributed by atoms with Gasteiger partial charge in [0.1, 0.15) is 0 Å². The second-order valence-corrected chi connectivity index (χ2v) is 12.1. The molecule has 124 valence electrons. The predicted molar refractivity (Wildman–Crippen MR) is 91.6 cm³/mol. The largest absolute Gasteiger partial charge is 0.397 e. The summed E-state index contributed by atoms with van der Waals surface area (Å²) in [5, 5.41) is 0. The molecule has 2 saturated carbocycles.